The lowest BCUT2D eigenvalue weighted by atomic mass is 9.97. The van der Waals surface area contributed by atoms with Crippen molar-refractivity contribution in [2.75, 3.05) is 19.6 Å². The molecule has 2 saturated heterocycles. The standard InChI is InChI=1S/C14H23N3O3/c1-10-4-2-3-9-17(10)14(20)13(19)16-12(18)11-5-7-15-8-6-11/h10-11,15H,2-9H2,1H3,(H,16,18,19). The van der Waals surface area contributed by atoms with Crippen LogP contribution in [0.2, 0.25) is 0 Å². The Bertz CT molecular complexity index is 391. The SMILES string of the molecule is CC1CCCCN1C(=O)C(=O)NC(=O)C1CCNCC1. The number of amides is 3. The van der Waals surface area contributed by atoms with Crippen LogP contribution < -0.4 is 10.6 Å². The molecule has 20 heavy (non-hydrogen) atoms. The Morgan fingerprint density at radius 3 is 2.45 bits per heavy atom. The molecular formula is C14H23N3O3. The van der Waals surface area contributed by atoms with Gasteiger partial charge >= 0.3 is 11.8 Å². The lowest BCUT2D eigenvalue weighted by Gasteiger charge is -2.32. The summed E-state index contributed by atoms with van der Waals surface area (Å²) in [7, 11) is 0. The fraction of sp³-hybridized carbons (Fsp3) is 0.786. The Labute approximate surface area is 119 Å². The summed E-state index contributed by atoms with van der Waals surface area (Å²) in [6, 6.07) is 0.0796. The summed E-state index contributed by atoms with van der Waals surface area (Å²) in [4.78, 5) is 37.5. The lowest BCUT2D eigenvalue weighted by Crippen LogP contribution is -2.51. The summed E-state index contributed by atoms with van der Waals surface area (Å²) in [5.74, 6) is -1.82. The smallest absolute Gasteiger partial charge is 0.316 e. The van der Waals surface area contributed by atoms with Gasteiger partial charge in [0.25, 0.3) is 0 Å². The lowest BCUT2D eigenvalue weighted by molar-refractivity contribution is -0.150. The second-order valence-corrected chi connectivity index (χ2v) is 5.69. The number of carbonyl (C=O) groups is 3. The number of carbonyl (C=O) groups excluding carboxylic acids is 3. The number of hydrogen-bond donors (Lipinski definition) is 2. The number of nitrogens with one attached hydrogen (secondary N) is 2. The molecule has 2 fully saturated rings. The van der Waals surface area contributed by atoms with Gasteiger partial charge in [-0.3, -0.25) is 19.7 Å². The fourth-order valence-electron chi connectivity index (χ4n) is 2.88. The third-order valence-electron chi connectivity index (χ3n) is 4.20. The second kappa shape index (κ2) is 6.83. The number of hydrogen-bond acceptors (Lipinski definition) is 4. The molecule has 2 aliphatic rings. The van der Waals surface area contributed by atoms with Crippen molar-refractivity contribution in [1.29, 1.82) is 0 Å². The van der Waals surface area contributed by atoms with E-state index < -0.39 is 11.8 Å². The molecule has 2 rings (SSSR count). The minimum atomic E-state index is -0.776. The van der Waals surface area contributed by atoms with Crippen LogP contribution in [-0.4, -0.2) is 48.3 Å². The zero-order valence-electron chi connectivity index (χ0n) is 12.0. The van der Waals surface area contributed by atoms with E-state index in [2.05, 4.69) is 10.6 Å². The fourth-order valence-corrected chi connectivity index (χ4v) is 2.88. The largest absolute Gasteiger partial charge is 0.332 e. The number of rotatable bonds is 1. The molecule has 2 heterocycles. The Hall–Kier alpha value is -1.43. The predicted molar refractivity (Wildman–Crippen MR) is 73.8 cm³/mol. The molecule has 0 aromatic rings. The number of imide groups is 1. The first-order valence-electron chi connectivity index (χ1n) is 7.46. The second-order valence-electron chi connectivity index (χ2n) is 5.69. The summed E-state index contributed by atoms with van der Waals surface area (Å²) in [5.41, 5.74) is 0. The van der Waals surface area contributed by atoms with Crippen molar-refractivity contribution in [1.82, 2.24) is 15.5 Å². The highest BCUT2D eigenvalue weighted by Gasteiger charge is 2.30. The van der Waals surface area contributed by atoms with E-state index in [9.17, 15) is 14.4 Å². The molecule has 0 bridgehead atoms. The summed E-state index contributed by atoms with van der Waals surface area (Å²) in [5, 5.41) is 5.43. The minimum Gasteiger partial charge on any atom is -0.332 e. The Kier molecular flexibility index (Phi) is 5.11. The van der Waals surface area contributed by atoms with Gasteiger partial charge in [0.2, 0.25) is 5.91 Å². The quantitative estimate of drug-likeness (QED) is 0.665. The van der Waals surface area contributed by atoms with Gasteiger partial charge in [-0.2, -0.15) is 0 Å². The van der Waals surface area contributed by atoms with Gasteiger partial charge in [-0.1, -0.05) is 0 Å². The van der Waals surface area contributed by atoms with Gasteiger partial charge in [0.15, 0.2) is 0 Å². The molecule has 2 aliphatic heterocycles. The first-order valence-corrected chi connectivity index (χ1v) is 7.46. The average Bonchev–Trinajstić information content (AvgIpc) is 2.48. The highest BCUT2D eigenvalue weighted by Crippen LogP contribution is 2.16. The van der Waals surface area contributed by atoms with E-state index in [1.165, 1.54) is 0 Å². The van der Waals surface area contributed by atoms with Crippen molar-refractivity contribution in [2.45, 2.75) is 45.1 Å². The van der Waals surface area contributed by atoms with Crippen molar-refractivity contribution in [3.8, 4) is 0 Å². The van der Waals surface area contributed by atoms with Crippen LogP contribution in [0.5, 0.6) is 0 Å². The monoisotopic (exact) mass is 281 g/mol. The normalized spacial score (nSPS) is 24.2. The highest BCUT2D eigenvalue weighted by molar-refractivity contribution is 6.37. The molecule has 2 N–H and O–H groups in total. The van der Waals surface area contributed by atoms with Crippen LogP contribution in [0.4, 0.5) is 0 Å². The van der Waals surface area contributed by atoms with Gasteiger partial charge in [0.05, 0.1) is 0 Å². The highest BCUT2D eigenvalue weighted by atomic mass is 16.2. The molecule has 0 aromatic carbocycles. The number of piperidine rings is 2. The third-order valence-corrected chi connectivity index (χ3v) is 4.20. The minimum absolute atomic E-state index is 0.0796. The van der Waals surface area contributed by atoms with Gasteiger partial charge in [-0.25, -0.2) is 0 Å². The molecule has 112 valence electrons. The summed E-state index contributed by atoms with van der Waals surface area (Å²) >= 11 is 0. The molecule has 0 spiro atoms. The molecule has 3 amide bonds. The first kappa shape index (κ1) is 15.0. The topological polar surface area (TPSA) is 78.5 Å². The van der Waals surface area contributed by atoms with Crippen molar-refractivity contribution in [2.24, 2.45) is 5.92 Å². The van der Waals surface area contributed by atoms with Gasteiger partial charge in [-0.15, -0.1) is 0 Å². The van der Waals surface area contributed by atoms with Crippen molar-refractivity contribution in [3.05, 3.63) is 0 Å². The summed E-state index contributed by atoms with van der Waals surface area (Å²) in [6.45, 7) is 4.11. The van der Waals surface area contributed by atoms with Crippen LogP contribution in [0, 0.1) is 5.92 Å². The van der Waals surface area contributed by atoms with Crippen LogP contribution in [-0.2, 0) is 14.4 Å². The average molecular weight is 281 g/mol. The maximum atomic E-state index is 12.1. The van der Waals surface area contributed by atoms with Crippen LogP contribution in [0.3, 0.4) is 0 Å². The van der Waals surface area contributed by atoms with E-state index in [4.69, 9.17) is 0 Å². The van der Waals surface area contributed by atoms with Gasteiger partial charge in [0.1, 0.15) is 0 Å². The predicted octanol–water partition coefficient (Wildman–Crippen LogP) is 0.0298. The maximum absolute atomic E-state index is 12.1. The van der Waals surface area contributed by atoms with Crippen LogP contribution >= 0.6 is 0 Å². The third kappa shape index (κ3) is 3.56. The maximum Gasteiger partial charge on any atom is 0.316 e. The van der Waals surface area contributed by atoms with E-state index in [0.717, 1.165) is 32.4 Å². The van der Waals surface area contributed by atoms with Crippen LogP contribution in [0.1, 0.15) is 39.0 Å². The Morgan fingerprint density at radius 1 is 1.10 bits per heavy atom. The Balaban J connectivity index is 1.86. The van der Waals surface area contributed by atoms with Crippen molar-refractivity contribution in [3.63, 3.8) is 0 Å². The van der Waals surface area contributed by atoms with E-state index in [1.54, 1.807) is 4.90 Å². The van der Waals surface area contributed by atoms with Gasteiger partial charge < -0.3 is 10.2 Å². The molecule has 6 heteroatoms. The van der Waals surface area contributed by atoms with E-state index in [0.29, 0.717) is 19.4 Å². The Morgan fingerprint density at radius 2 is 1.80 bits per heavy atom. The molecule has 1 unspecified atom stereocenters. The first-order chi connectivity index (χ1) is 9.59. The summed E-state index contributed by atoms with van der Waals surface area (Å²) in [6.07, 6.45) is 4.36. The molecule has 0 aliphatic carbocycles. The van der Waals surface area contributed by atoms with Crippen LogP contribution in [0.15, 0.2) is 0 Å². The summed E-state index contributed by atoms with van der Waals surface area (Å²) < 4.78 is 0. The van der Waals surface area contributed by atoms with E-state index >= 15 is 0 Å². The zero-order valence-corrected chi connectivity index (χ0v) is 12.0. The van der Waals surface area contributed by atoms with E-state index in [1.807, 2.05) is 6.92 Å². The van der Waals surface area contributed by atoms with Crippen molar-refractivity contribution < 1.29 is 14.4 Å². The molecule has 1 atom stereocenters. The van der Waals surface area contributed by atoms with Gasteiger partial charge in [0, 0.05) is 18.5 Å². The zero-order chi connectivity index (χ0) is 14.5. The van der Waals surface area contributed by atoms with Crippen molar-refractivity contribution >= 4 is 17.7 Å². The number of nitrogens with zero attached hydrogens (tertiary/aromatic N) is 1. The van der Waals surface area contributed by atoms with Gasteiger partial charge in [-0.05, 0) is 52.1 Å². The molecular weight excluding hydrogens is 258 g/mol. The van der Waals surface area contributed by atoms with Crippen LogP contribution in [0.25, 0.3) is 0 Å². The molecule has 0 radical (unpaired) electrons. The molecule has 6 nitrogen and oxygen atoms in total. The molecule has 0 saturated carbocycles. The number of likely N-dealkylation sites (tertiary alicyclic amines) is 1. The van der Waals surface area contributed by atoms with E-state index in [-0.39, 0.29) is 17.9 Å². The molecule has 0 aromatic heterocycles.